The van der Waals surface area contributed by atoms with Gasteiger partial charge < -0.3 is 5.32 Å². The molecule has 0 saturated heterocycles. The summed E-state index contributed by atoms with van der Waals surface area (Å²) in [4.78, 5) is 12.6. The van der Waals surface area contributed by atoms with E-state index in [1.807, 2.05) is 0 Å². The first-order valence-electron chi connectivity index (χ1n) is 5.79. The summed E-state index contributed by atoms with van der Waals surface area (Å²) in [7, 11) is 0. The van der Waals surface area contributed by atoms with Crippen LogP contribution in [-0.4, -0.2) is 18.2 Å². The van der Waals surface area contributed by atoms with Crippen LogP contribution >= 0.6 is 11.8 Å². The van der Waals surface area contributed by atoms with E-state index in [2.05, 4.69) is 43.1 Å². The molecule has 1 N–H and O–H groups in total. The number of aryl methyl sites for hydroxylation is 1. The van der Waals surface area contributed by atoms with Crippen molar-refractivity contribution < 1.29 is 4.79 Å². The highest BCUT2D eigenvalue weighted by molar-refractivity contribution is 7.99. The zero-order valence-electron chi connectivity index (χ0n) is 10.2. The Labute approximate surface area is 107 Å². The largest absolute Gasteiger partial charge is 0.356 e. The first kappa shape index (κ1) is 13.8. The monoisotopic (exact) mass is 249 g/mol. The van der Waals surface area contributed by atoms with Gasteiger partial charge in [-0.3, -0.25) is 4.79 Å². The van der Waals surface area contributed by atoms with E-state index < -0.39 is 0 Å². The average molecular weight is 249 g/mol. The van der Waals surface area contributed by atoms with E-state index in [1.165, 1.54) is 10.5 Å². The van der Waals surface area contributed by atoms with Gasteiger partial charge in [0.1, 0.15) is 0 Å². The van der Waals surface area contributed by atoms with E-state index in [1.54, 1.807) is 17.8 Å². The predicted molar refractivity (Wildman–Crippen MR) is 74.3 cm³/mol. The van der Waals surface area contributed by atoms with Crippen LogP contribution in [-0.2, 0) is 4.79 Å². The van der Waals surface area contributed by atoms with Gasteiger partial charge in [0.25, 0.3) is 0 Å². The molecule has 1 aromatic carbocycles. The van der Waals surface area contributed by atoms with E-state index in [9.17, 15) is 4.79 Å². The molecule has 2 nitrogen and oxygen atoms in total. The highest BCUT2D eigenvalue weighted by atomic mass is 32.2. The second-order valence-electron chi connectivity index (χ2n) is 3.84. The third-order valence-corrected chi connectivity index (χ3v) is 3.30. The second-order valence-corrected chi connectivity index (χ2v) is 5.01. The number of hydrogen-bond donors (Lipinski definition) is 1. The molecule has 0 radical (unpaired) electrons. The molecule has 17 heavy (non-hydrogen) atoms. The average Bonchev–Trinajstić information content (AvgIpc) is 2.32. The molecule has 0 spiro atoms. The van der Waals surface area contributed by atoms with Crippen LogP contribution in [0.25, 0.3) is 0 Å². The lowest BCUT2D eigenvalue weighted by Crippen LogP contribution is -2.24. The number of carbonyl (C=O) groups is 1. The molecule has 0 atom stereocenters. The molecule has 0 heterocycles. The first-order chi connectivity index (χ1) is 8.22. The van der Waals surface area contributed by atoms with Gasteiger partial charge in [-0.15, -0.1) is 18.3 Å². The maximum atomic E-state index is 11.4. The lowest BCUT2D eigenvalue weighted by Gasteiger charge is -2.04. The Balaban J connectivity index is 2.16. The summed E-state index contributed by atoms with van der Waals surface area (Å²) in [6, 6.07) is 8.37. The SMILES string of the molecule is C=CCCNC(=O)CCSc1ccc(C)cc1. The molecular weight excluding hydrogens is 230 g/mol. The fourth-order valence-electron chi connectivity index (χ4n) is 1.30. The normalized spacial score (nSPS) is 9.94. The first-order valence-corrected chi connectivity index (χ1v) is 6.78. The van der Waals surface area contributed by atoms with Crippen molar-refractivity contribution >= 4 is 17.7 Å². The predicted octanol–water partition coefficient (Wildman–Crippen LogP) is 3.17. The molecule has 3 heteroatoms. The molecule has 0 aliphatic heterocycles. The number of thioether (sulfide) groups is 1. The van der Waals surface area contributed by atoms with Crippen molar-refractivity contribution in [2.45, 2.75) is 24.7 Å². The zero-order chi connectivity index (χ0) is 12.5. The Hall–Kier alpha value is -1.22. The summed E-state index contributed by atoms with van der Waals surface area (Å²) in [6.45, 7) is 6.37. The lowest BCUT2D eigenvalue weighted by atomic mass is 10.2. The summed E-state index contributed by atoms with van der Waals surface area (Å²) in [5.74, 6) is 0.939. The minimum Gasteiger partial charge on any atom is -0.356 e. The minimum absolute atomic E-state index is 0.117. The smallest absolute Gasteiger partial charge is 0.220 e. The van der Waals surface area contributed by atoms with Gasteiger partial charge in [0, 0.05) is 23.6 Å². The highest BCUT2D eigenvalue weighted by Gasteiger charge is 2.00. The molecule has 0 unspecified atom stereocenters. The topological polar surface area (TPSA) is 29.1 Å². The summed E-state index contributed by atoms with van der Waals surface area (Å²) >= 11 is 1.72. The van der Waals surface area contributed by atoms with Crippen LogP contribution in [0.5, 0.6) is 0 Å². The Bertz CT molecular complexity index is 359. The molecule has 1 aromatic rings. The van der Waals surface area contributed by atoms with Crippen molar-refractivity contribution in [1.29, 1.82) is 0 Å². The van der Waals surface area contributed by atoms with E-state index in [-0.39, 0.29) is 5.91 Å². The molecular formula is C14H19NOS. The van der Waals surface area contributed by atoms with E-state index in [0.29, 0.717) is 13.0 Å². The number of nitrogens with one attached hydrogen (secondary N) is 1. The molecule has 0 bridgehead atoms. The van der Waals surface area contributed by atoms with Crippen LogP contribution in [0, 0.1) is 6.92 Å². The molecule has 1 amide bonds. The number of rotatable bonds is 7. The van der Waals surface area contributed by atoms with Gasteiger partial charge in [0.05, 0.1) is 0 Å². The summed E-state index contributed by atoms with van der Waals surface area (Å²) < 4.78 is 0. The van der Waals surface area contributed by atoms with Crippen LogP contribution in [0.4, 0.5) is 0 Å². The third kappa shape index (κ3) is 6.17. The molecule has 1 rings (SSSR count). The van der Waals surface area contributed by atoms with Gasteiger partial charge in [-0.25, -0.2) is 0 Å². The Morgan fingerprint density at radius 1 is 1.41 bits per heavy atom. The van der Waals surface area contributed by atoms with Crippen LogP contribution in [0.3, 0.4) is 0 Å². The van der Waals surface area contributed by atoms with E-state index in [4.69, 9.17) is 0 Å². The van der Waals surface area contributed by atoms with Crippen LogP contribution in [0.15, 0.2) is 41.8 Å². The van der Waals surface area contributed by atoms with Crippen molar-refractivity contribution in [1.82, 2.24) is 5.32 Å². The number of hydrogen-bond acceptors (Lipinski definition) is 2. The second kappa shape index (κ2) is 7.96. The standard InChI is InChI=1S/C14H19NOS/c1-3-4-10-15-14(16)9-11-17-13-7-5-12(2)6-8-13/h3,5-8H,1,4,9-11H2,2H3,(H,15,16). The van der Waals surface area contributed by atoms with Gasteiger partial charge in [0.2, 0.25) is 5.91 Å². The van der Waals surface area contributed by atoms with Crippen molar-refractivity contribution in [3.8, 4) is 0 Å². The molecule has 92 valence electrons. The quantitative estimate of drug-likeness (QED) is 0.457. The Morgan fingerprint density at radius 2 is 2.12 bits per heavy atom. The summed E-state index contributed by atoms with van der Waals surface area (Å²) in [6.07, 6.45) is 3.20. The number of carbonyl (C=O) groups excluding carboxylic acids is 1. The Morgan fingerprint density at radius 3 is 2.76 bits per heavy atom. The lowest BCUT2D eigenvalue weighted by molar-refractivity contribution is -0.120. The van der Waals surface area contributed by atoms with Crippen molar-refractivity contribution in [2.75, 3.05) is 12.3 Å². The maximum Gasteiger partial charge on any atom is 0.220 e. The van der Waals surface area contributed by atoms with Gasteiger partial charge in [0.15, 0.2) is 0 Å². The fraction of sp³-hybridized carbons (Fsp3) is 0.357. The molecule has 0 aliphatic rings. The van der Waals surface area contributed by atoms with Crippen LogP contribution in [0.2, 0.25) is 0 Å². The maximum absolute atomic E-state index is 11.4. The van der Waals surface area contributed by atoms with Crippen molar-refractivity contribution in [3.63, 3.8) is 0 Å². The summed E-state index contributed by atoms with van der Waals surface area (Å²) in [5.41, 5.74) is 1.26. The van der Waals surface area contributed by atoms with Crippen molar-refractivity contribution in [3.05, 3.63) is 42.5 Å². The molecule has 0 saturated carbocycles. The van der Waals surface area contributed by atoms with E-state index >= 15 is 0 Å². The minimum atomic E-state index is 0.117. The van der Waals surface area contributed by atoms with E-state index in [0.717, 1.165) is 12.2 Å². The van der Waals surface area contributed by atoms with Gasteiger partial charge in [-0.2, -0.15) is 0 Å². The summed E-state index contributed by atoms with van der Waals surface area (Å²) in [5, 5.41) is 2.86. The van der Waals surface area contributed by atoms with Gasteiger partial charge >= 0.3 is 0 Å². The highest BCUT2D eigenvalue weighted by Crippen LogP contribution is 2.18. The molecule has 0 aliphatic carbocycles. The van der Waals surface area contributed by atoms with Crippen LogP contribution < -0.4 is 5.32 Å². The number of amides is 1. The van der Waals surface area contributed by atoms with Crippen molar-refractivity contribution in [2.24, 2.45) is 0 Å². The molecule has 0 fully saturated rings. The van der Waals surface area contributed by atoms with Gasteiger partial charge in [-0.1, -0.05) is 23.8 Å². The third-order valence-electron chi connectivity index (χ3n) is 2.29. The Kier molecular flexibility index (Phi) is 6.48. The zero-order valence-corrected chi connectivity index (χ0v) is 11.1. The number of benzene rings is 1. The van der Waals surface area contributed by atoms with Crippen LogP contribution in [0.1, 0.15) is 18.4 Å². The fourth-order valence-corrected chi connectivity index (χ4v) is 2.15. The molecule has 0 aromatic heterocycles. The van der Waals surface area contributed by atoms with Gasteiger partial charge in [-0.05, 0) is 25.5 Å².